The molecule has 1 aromatic carbocycles. The van der Waals surface area contributed by atoms with E-state index in [0.29, 0.717) is 18.3 Å². The summed E-state index contributed by atoms with van der Waals surface area (Å²) in [5, 5.41) is 6.02. The van der Waals surface area contributed by atoms with Gasteiger partial charge in [0, 0.05) is 24.3 Å². The first kappa shape index (κ1) is 13.8. The molecule has 1 aromatic rings. The molecule has 1 aliphatic heterocycles. The van der Waals surface area contributed by atoms with Gasteiger partial charge in [-0.05, 0) is 31.9 Å². The van der Waals surface area contributed by atoms with Crippen molar-refractivity contribution >= 4 is 11.6 Å². The zero-order chi connectivity index (χ0) is 13.8. The van der Waals surface area contributed by atoms with Gasteiger partial charge in [0.1, 0.15) is 0 Å². The number of piperidine rings is 1. The Morgan fingerprint density at radius 1 is 1.47 bits per heavy atom. The lowest BCUT2D eigenvalue weighted by molar-refractivity contribution is -0.120. The summed E-state index contributed by atoms with van der Waals surface area (Å²) in [6, 6.07) is 4.88. The molecule has 2 unspecified atom stereocenters. The molecule has 2 N–H and O–H groups in total. The lowest BCUT2D eigenvalue weighted by Crippen LogP contribution is -2.41. The third kappa shape index (κ3) is 3.44. The number of rotatable bonds is 3. The van der Waals surface area contributed by atoms with Gasteiger partial charge >= 0.3 is 0 Å². The quantitative estimate of drug-likeness (QED) is 0.881. The largest absolute Gasteiger partial charge is 0.494 e. The van der Waals surface area contributed by atoms with Crippen molar-refractivity contribution in [1.29, 1.82) is 0 Å². The molecular weight excluding hydrogens is 247 g/mol. The second-order valence-corrected chi connectivity index (χ2v) is 4.92. The van der Waals surface area contributed by atoms with Gasteiger partial charge in [-0.3, -0.25) is 4.79 Å². The number of hydrogen-bond acceptors (Lipinski definition) is 3. The van der Waals surface area contributed by atoms with Gasteiger partial charge in [-0.1, -0.05) is 0 Å². The number of carbonyl (C=O) groups is 1. The van der Waals surface area contributed by atoms with Gasteiger partial charge in [0.2, 0.25) is 5.91 Å². The molecule has 0 saturated carbocycles. The SMILES string of the molecule is COc1ccc(NC(=O)C2CCC(C)NC2)cc1F. The Kier molecular flexibility index (Phi) is 4.37. The van der Waals surface area contributed by atoms with Crippen LogP contribution in [-0.4, -0.2) is 25.6 Å². The molecule has 104 valence electrons. The average molecular weight is 266 g/mol. The predicted molar refractivity (Wildman–Crippen MR) is 71.8 cm³/mol. The van der Waals surface area contributed by atoms with Gasteiger partial charge in [-0.2, -0.15) is 0 Å². The molecule has 1 fully saturated rings. The number of benzene rings is 1. The van der Waals surface area contributed by atoms with Crippen LogP contribution in [-0.2, 0) is 4.79 Å². The van der Waals surface area contributed by atoms with Gasteiger partial charge in [-0.25, -0.2) is 4.39 Å². The van der Waals surface area contributed by atoms with Crippen LogP contribution in [0.25, 0.3) is 0 Å². The van der Waals surface area contributed by atoms with Gasteiger partial charge in [0.15, 0.2) is 11.6 Å². The Labute approximate surface area is 112 Å². The van der Waals surface area contributed by atoms with Crippen molar-refractivity contribution in [3.8, 4) is 5.75 Å². The van der Waals surface area contributed by atoms with Gasteiger partial charge < -0.3 is 15.4 Å². The summed E-state index contributed by atoms with van der Waals surface area (Å²) < 4.78 is 18.3. The van der Waals surface area contributed by atoms with Crippen LogP contribution in [0, 0.1) is 11.7 Å². The third-order valence-corrected chi connectivity index (χ3v) is 3.45. The Hall–Kier alpha value is -1.62. The molecule has 0 aliphatic carbocycles. The fourth-order valence-corrected chi connectivity index (χ4v) is 2.21. The number of amides is 1. The molecule has 2 rings (SSSR count). The Bertz CT molecular complexity index is 457. The lowest BCUT2D eigenvalue weighted by atomic mass is 9.95. The van der Waals surface area contributed by atoms with E-state index >= 15 is 0 Å². The fraction of sp³-hybridized carbons (Fsp3) is 0.500. The highest BCUT2D eigenvalue weighted by atomic mass is 19.1. The monoisotopic (exact) mass is 266 g/mol. The third-order valence-electron chi connectivity index (χ3n) is 3.45. The number of ether oxygens (including phenoxy) is 1. The zero-order valence-corrected chi connectivity index (χ0v) is 11.2. The molecule has 0 aromatic heterocycles. The van der Waals surface area contributed by atoms with Crippen molar-refractivity contribution in [1.82, 2.24) is 5.32 Å². The Morgan fingerprint density at radius 2 is 2.26 bits per heavy atom. The standard InChI is InChI=1S/C14H19FN2O2/c1-9-3-4-10(8-16-9)14(18)17-11-5-6-13(19-2)12(15)7-11/h5-7,9-10,16H,3-4,8H2,1-2H3,(H,17,18). The second kappa shape index (κ2) is 6.02. The van der Waals surface area contributed by atoms with E-state index in [-0.39, 0.29) is 17.6 Å². The van der Waals surface area contributed by atoms with Crippen LogP contribution < -0.4 is 15.4 Å². The molecule has 1 aliphatic rings. The molecule has 1 amide bonds. The van der Waals surface area contributed by atoms with Crippen LogP contribution >= 0.6 is 0 Å². The highest BCUT2D eigenvalue weighted by molar-refractivity contribution is 5.92. The van der Waals surface area contributed by atoms with Crippen molar-refractivity contribution < 1.29 is 13.9 Å². The highest BCUT2D eigenvalue weighted by Crippen LogP contribution is 2.22. The van der Waals surface area contributed by atoms with Gasteiger partial charge in [0.25, 0.3) is 0 Å². The minimum absolute atomic E-state index is 0.0543. The summed E-state index contributed by atoms with van der Waals surface area (Å²) in [7, 11) is 1.41. The maximum absolute atomic E-state index is 13.5. The van der Waals surface area contributed by atoms with E-state index < -0.39 is 5.82 Å². The molecule has 0 radical (unpaired) electrons. The van der Waals surface area contributed by atoms with E-state index in [1.165, 1.54) is 19.2 Å². The fourth-order valence-electron chi connectivity index (χ4n) is 2.21. The van der Waals surface area contributed by atoms with Gasteiger partial charge in [-0.15, -0.1) is 0 Å². The highest BCUT2D eigenvalue weighted by Gasteiger charge is 2.24. The first-order valence-corrected chi connectivity index (χ1v) is 6.48. The van der Waals surface area contributed by atoms with E-state index in [1.54, 1.807) is 6.07 Å². The molecule has 1 saturated heterocycles. The summed E-state index contributed by atoms with van der Waals surface area (Å²) >= 11 is 0. The molecule has 2 atom stereocenters. The van der Waals surface area contributed by atoms with Crippen LogP contribution in [0.4, 0.5) is 10.1 Å². The number of nitrogens with one attached hydrogen (secondary N) is 2. The number of halogens is 1. The molecule has 1 heterocycles. The number of methoxy groups -OCH3 is 1. The summed E-state index contributed by atoms with van der Waals surface area (Å²) in [4.78, 5) is 12.0. The van der Waals surface area contributed by atoms with Crippen molar-refractivity contribution in [2.45, 2.75) is 25.8 Å². The second-order valence-electron chi connectivity index (χ2n) is 4.92. The van der Waals surface area contributed by atoms with E-state index in [9.17, 15) is 9.18 Å². The smallest absolute Gasteiger partial charge is 0.228 e. The molecular formula is C14H19FN2O2. The van der Waals surface area contributed by atoms with Gasteiger partial charge in [0.05, 0.1) is 13.0 Å². The Morgan fingerprint density at radius 3 is 2.84 bits per heavy atom. The van der Waals surface area contributed by atoms with E-state index in [2.05, 4.69) is 17.6 Å². The molecule has 19 heavy (non-hydrogen) atoms. The first-order valence-electron chi connectivity index (χ1n) is 6.48. The summed E-state index contributed by atoms with van der Waals surface area (Å²) in [5.74, 6) is -0.424. The minimum atomic E-state index is -0.476. The summed E-state index contributed by atoms with van der Waals surface area (Å²) in [6.45, 7) is 2.78. The minimum Gasteiger partial charge on any atom is -0.494 e. The molecule has 4 nitrogen and oxygen atoms in total. The van der Waals surface area contributed by atoms with E-state index in [4.69, 9.17) is 4.74 Å². The van der Waals surface area contributed by atoms with Crippen LogP contribution in [0.3, 0.4) is 0 Å². The number of hydrogen-bond donors (Lipinski definition) is 2. The maximum Gasteiger partial charge on any atom is 0.228 e. The average Bonchev–Trinajstić information content (AvgIpc) is 2.39. The van der Waals surface area contributed by atoms with Crippen LogP contribution in [0.2, 0.25) is 0 Å². The van der Waals surface area contributed by atoms with E-state index in [0.717, 1.165) is 12.8 Å². The molecule has 0 spiro atoms. The van der Waals surface area contributed by atoms with Crippen molar-refractivity contribution in [2.75, 3.05) is 19.0 Å². The predicted octanol–water partition coefficient (Wildman–Crippen LogP) is 2.16. The maximum atomic E-state index is 13.5. The van der Waals surface area contributed by atoms with Crippen LogP contribution in [0.5, 0.6) is 5.75 Å². The summed E-state index contributed by atoms with van der Waals surface area (Å²) in [6.07, 6.45) is 1.84. The summed E-state index contributed by atoms with van der Waals surface area (Å²) in [5.41, 5.74) is 0.460. The van der Waals surface area contributed by atoms with E-state index in [1.807, 2.05) is 0 Å². The lowest BCUT2D eigenvalue weighted by Gasteiger charge is -2.26. The number of anilines is 1. The van der Waals surface area contributed by atoms with Crippen molar-refractivity contribution in [2.24, 2.45) is 5.92 Å². The number of carbonyl (C=O) groups excluding carboxylic acids is 1. The van der Waals surface area contributed by atoms with Crippen molar-refractivity contribution in [3.63, 3.8) is 0 Å². The molecule has 5 heteroatoms. The topological polar surface area (TPSA) is 50.4 Å². The normalized spacial score (nSPS) is 22.9. The Balaban J connectivity index is 1.97. The zero-order valence-electron chi connectivity index (χ0n) is 11.2. The van der Waals surface area contributed by atoms with Crippen molar-refractivity contribution in [3.05, 3.63) is 24.0 Å². The first-order chi connectivity index (χ1) is 9.10. The van der Waals surface area contributed by atoms with Crippen LogP contribution in [0.1, 0.15) is 19.8 Å². The molecule has 0 bridgehead atoms. The van der Waals surface area contributed by atoms with Crippen LogP contribution in [0.15, 0.2) is 18.2 Å².